The summed E-state index contributed by atoms with van der Waals surface area (Å²) in [5, 5.41) is 18.4. The topological polar surface area (TPSA) is 84.7 Å². The highest BCUT2D eigenvalue weighted by Gasteiger charge is 2.12. The van der Waals surface area contributed by atoms with Crippen LogP contribution in [0.1, 0.15) is 27.8 Å². The molecule has 5 nitrogen and oxygen atoms in total. The molecule has 0 N–H and O–H groups in total. The van der Waals surface area contributed by atoms with E-state index in [9.17, 15) is 14.9 Å². The lowest BCUT2D eigenvalue weighted by molar-refractivity contribution is 0.620. The number of nitrogens with zero attached hydrogens (tertiary/aromatic N) is 5. The molecule has 36 heavy (non-hydrogen) atoms. The van der Waals surface area contributed by atoms with Gasteiger partial charge >= 0.3 is 0 Å². The Bertz CT molecular complexity index is 1500. The van der Waals surface area contributed by atoms with E-state index in [-0.39, 0.29) is 11.1 Å². The van der Waals surface area contributed by atoms with Crippen LogP contribution in [0.2, 0.25) is 0 Å². The third kappa shape index (κ3) is 5.47. The van der Waals surface area contributed by atoms with Gasteiger partial charge in [-0.2, -0.15) is 10.5 Å². The fraction of sp³-hybridized carbons (Fsp3) is 0.0333. The van der Waals surface area contributed by atoms with Gasteiger partial charge in [0.15, 0.2) is 17.5 Å². The fourth-order valence-corrected chi connectivity index (χ4v) is 3.54. The van der Waals surface area contributed by atoms with Crippen molar-refractivity contribution in [1.29, 1.82) is 10.5 Å². The van der Waals surface area contributed by atoms with E-state index < -0.39 is 5.82 Å². The van der Waals surface area contributed by atoms with Crippen molar-refractivity contribution in [3.63, 3.8) is 0 Å². The highest BCUT2D eigenvalue weighted by molar-refractivity contribution is 6.14. The van der Waals surface area contributed by atoms with Gasteiger partial charge in [-0.1, -0.05) is 84.9 Å². The van der Waals surface area contributed by atoms with E-state index in [4.69, 9.17) is 4.99 Å². The Morgan fingerprint density at radius 2 is 1.28 bits per heavy atom. The summed E-state index contributed by atoms with van der Waals surface area (Å²) in [6.45, 7) is 0. The van der Waals surface area contributed by atoms with Crippen LogP contribution in [0.4, 0.5) is 4.39 Å². The summed E-state index contributed by atoms with van der Waals surface area (Å²) in [6, 6.07) is 33.2. The summed E-state index contributed by atoms with van der Waals surface area (Å²) in [5.74, 6) is 0.194. The van der Waals surface area contributed by atoms with Crippen molar-refractivity contribution in [2.24, 2.45) is 15.0 Å². The highest BCUT2D eigenvalue weighted by atomic mass is 19.1. The molecule has 0 radical (unpaired) electrons. The minimum Gasteiger partial charge on any atom is -0.270 e. The van der Waals surface area contributed by atoms with Crippen LogP contribution in [-0.4, -0.2) is 24.9 Å². The van der Waals surface area contributed by atoms with Gasteiger partial charge in [0, 0.05) is 24.4 Å². The van der Waals surface area contributed by atoms with Crippen LogP contribution < -0.4 is 0 Å². The molecule has 0 saturated carbocycles. The minimum absolute atomic E-state index is 0.169. The summed E-state index contributed by atoms with van der Waals surface area (Å²) < 4.78 is 14.1. The lowest BCUT2D eigenvalue weighted by Crippen LogP contribution is -2.05. The summed E-state index contributed by atoms with van der Waals surface area (Å²) in [7, 11) is 1.66. The summed E-state index contributed by atoms with van der Waals surface area (Å²) in [6.07, 6.45) is 1.76. The lowest BCUT2D eigenvalue weighted by atomic mass is 9.99. The van der Waals surface area contributed by atoms with Gasteiger partial charge in [0.2, 0.25) is 0 Å². The molecule has 172 valence electrons. The smallest absolute Gasteiger partial charge is 0.161 e. The Morgan fingerprint density at radius 3 is 1.83 bits per heavy atom. The van der Waals surface area contributed by atoms with E-state index in [1.54, 1.807) is 25.4 Å². The van der Waals surface area contributed by atoms with Gasteiger partial charge in [0.25, 0.3) is 0 Å². The van der Waals surface area contributed by atoms with Gasteiger partial charge in [0.1, 0.15) is 12.1 Å². The van der Waals surface area contributed by atoms with E-state index >= 15 is 0 Å². The Morgan fingerprint density at radius 1 is 0.722 bits per heavy atom. The molecule has 0 aliphatic carbocycles. The fourth-order valence-electron chi connectivity index (χ4n) is 3.54. The van der Waals surface area contributed by atoms with Gasteiger partial charge in [-0.05, 0) is 28.8 Å². The molecule has 0 heterocycles. The molecule has 6 heteroatoms. The monoisotopic (exact) mass is 469 g/mol. The average Bonchev–Trinajstić information content (AvgIpc) is 2.94. The number of hydrogen-bond acceptors (Lipinski definition) is 3. The normalized spacial score (nSPS) is 11.8. The highest BCUT2D eigenvalue weighted by Crippen LogP contribution is 2.25. The molecule has 4 aromatic carbocycles. The van der Waals surface area contributed by atoms with Gasteiger partial charge in [-0.25, -0.2) is 14.4 Å². The molecule has 0 aromatic heterocycles. The molecule has 4 aromatic rings. The minimum atomic E-state index is -0.806. The number of nitriles is 2. The third-order valence-electron chi connectivity index (χ3n) is 5.38. The quantitative estimate of drug-likeness (QED) is 0.264. The molecule has 0 fully saturated rings. The van der Waals surface area contributed by atoms with Crippen LogP contribution in [0.3, 0.4) is 0 Å². The molecule has 0 amide bonds. The molecule has 4 rings (SSSR count). The van der Waals surface area contributed by atoms with Gasteiger partial charge in [0.05, 0.1) is 11.1 Å². The largest absolute Gasteiger partial charge is 0.270 e. The van der Waals surface area contributed by atoms with Crippen molar-refractivity contribution in [3.8, 4) is 23.3 Å². The van der Waals surface area contributed by atoms with E-state index in [1.807, 2.05) is 84.9 Å². The van der Waals surface area contributed by atoms with Crippen molar-refractivity contribution in [1.82, 2.24) is 0 Å². The first-order valence-electron chi connectivity index (χ1n) is 11.1. The molecule has 0 bridgehead atoms. The van der Waals surface area contributed by atoms with Crippen LogP contribution in [0.15, 0.2) is 112 Å². The predicted octanol–water partition coefficient (Wildman–Crippen LogP) is 6.18. The summed E-state index contributed by atoms with van der Waals surface area (Å²) >= 11 is 0. The van der Waals surface area contributed by atoms with Gasteiger partial charge in [-0.3, -0.25) is 4.99 Å². The van der Waals surface area contributed by atoms with Crippen molar-refractivity contribution in [2.45, 2.75) is 0 Å². The molecule has 0 saturated heterocycles. The van der Waals surface area contributed by atoms with Crippen LogP contribution in [-0.2, 0) is 0 Å². The number of aliphatic imine (C=N–C) groups is 3. The Balaban J connectivity index is 1.69. The summed E-state index contributed by atoms with van der Waals surface area (Å²) in [5.41, 5.74) is 3.53. The number of halogens is 1. The number of amidine groups is 2. The zero-order chi connectivity index (χ0) is 25.3. The second-order valence-corrected chi connectivity index (χ2v) is 7.70. The molecule has 0 unspecified atom stereocenters. The van der Waals surface area contributed by atoms with Crippen molar-refractivity contribution in [3.05, 3.63) is 131 Å². The van der Waals surface area contributed by atoms with Crippen LogP contribution >= 0.6 is 0 Å². The Kier molecular flexibility index (Phi) is 7.51. The van der Waals surface area contributed by atoms with Crippen molar-refractivity contribution in [2.75, 3.05) is 7.05 Å². The van der Waals surface area contributed by atoms with Crippen LogP contribution in [0.25, 0.3) is 11.1 Å². The van der Waals surface area contributed by atoms with Crippen molar-refractivity contribution < 1.29 is 4.39 Å². The maximum atomic E-state index is 14.1. The molecule has 0 aliphatic rings. The lowest BCUT2D eigenvalue weighted by Gasteiger charge is -2.08. The first kappa shape index (κ1) is 23.9. The molecule has 0 atom stereocenters. The number of hydrogen-bond donors (Lipinski definition) is 0. The molecular formula is C30H20FN5. The first-order chi connectivity index (χ1) is 17.6. The van der Waals surface area contributed by atoms with E-state index in [0.717, 1.165) is 22.3 Å². The number of benzene rings is 4. The van der Waals surface area contributed by atoms with E-state index in [1.165, 1.54) is 12.1 Å². The zero-order valence-electron chi connectivity index (χ0n) is 19.4. The second-order valence-electron chi connectivity index (χ2n) is 7.70. The first-order valence-corrected chi connectivity index (χ1v) is 11.1. The van der Waals surface area contributed by atoms with Gasteiger partial charge < -0.3 is 0 Å². The predicted molar refractivity (Wildman–Crippen MR) is 141 cm³/mol. The van der Waals surface area contributed by atoms with Crippen LogP contribution in [0, 0.1) is 28.5 Å². The molecule has 0 aliphatic heterocycles. The maximum absolute atomic E-state index is 14.1. The van der Waals surface area contributed by atoms with E-state index in [0.29, 0.717) is 17.2 Å². The third-order valence-corrected chi connectivity index (χ3v) is 5.38. The standard InChI is InChI=1S/C30H20FN5/c1-34-29(36-30(23-10-6-3-7-11-23)35-20-21-8-4-2-5-9-21)24-14-12-22(13-15-24)25-16-26(18-32)28(31)27(17-25)19-33/h2-17,20H,1H3. The van der Waals surface area contributed by atoms with Crippen molar-refractivity contribution >= 4 is 17.9 Å². The second kappa shape index (κ2) is 11.3. The van der Waals surface area contributed by atoms with Crippen LogP contribution in [0.5, 0.6) is 0 Å². The maximum Gasteiger partial charge on any atom is 0.161 e. The average molecular weight is 470 g/mol. The van der Waals surface area contributed by atoms with Gasteiger partial charge in [-0.15, -0.1) is 0 Å². The SMILES string of the molecule is CN=C(N=C(N=Cc1ccccc1)c1ccccc1)c1ccc(-c2cc(C#N)c(F)c(C#N)c2)cc1. The Hall–Kier alpha value is -5.20. The molecular weight excluding hydrogens is 449 g/mol. The molecule has 0 spiro atoms. The zero-order valence-corrected chi connectivity index (χ0v) is 19.4. The Labute approximate surface area is 208 Å². The van der Waals surface area contributed by atoms with E-state index in [2.05, 4.69) is 9.98 Å². The summed E-state index contributed by atoms with van der Waals surface area (Å²) in [4.78, 5) is 13.8. The number of rotatable bonds is 4.